The molecule has 0 spiro atoms. The van der Waals surface area contributed by atoms with Crippen molar-refractivity contribution in [1.82, 2.24) is 0 Å². The fourth-order valence-electron chi connectivity index (χ4n) is 1.55. The van der Waals surface area contributed by atoms with Crippen molar-refractivity contribution in [3.05, 3.63) is 58.4 Å². The van der Waals surface area contributed by atoms with E-state index in [1.54, 1.807) is 18.2 Å². The Kier molecular flexibility index (Phi) is 3.71. The van der Waals surface area contributed by atoms with Crippen molar-refractivity contribution in [3.63, 3.8) is 0 Å². The summed E-state index contributed by atoms with van der Waals surface area (Å²) in [7, 11) is 0. The molecule has 3 nitrogen and oxygen atoms in total. The Morgan fingerprint density at radius 1 is 1.21 bits per heavy atom. The highest BCUT2D eigenvalue weighted by molar-refractivity contribution is 6.30. The third kappa shape index (κ3) is 3.03. The quantitative estimate of drug-likeness (QED) is 0.661. The molecule has 0 atom stereocenters. The third-order valence-electron chi connectivity index (χ3n) is 2.61. The summed E-state index contributed by atoms with van der Waals surface area (Å²) in [6, 6.07) is 9.28. The van der Waals surface area contributed by atoms with E-state index in [-0.39, 0.29) is 11.6 Å². The first-order valence-electron chi connectivity index (χ1n) is 5.55. The van der Waals surface area contributed by atoms with Crippen LogP contribution in [0.25, 0.3) is 0 Å². The van der Waals surface area contributed by atoms with Gasteiger partial charge in [0.1, 0.15) is 11.6 Å². The highest BCUT2D eigenvalue weighted by atomic mass is 35.5. The maximum Gasteiger partial charge on any atom is 0.166 e. The lowest BCUT2D eigenvalue weighted by atomic mass is 10.2. The Labute approximate surface area is 115 Å². The first-order valence-corrected chi connectivity index (χ1v) is 5.93. The van der Waals surface area contributed by atoms with Gasteiger partial charge in [-0.15, -0.1) is 0 Å². The smallest absolute Gasteiger partial charge is 0.166 e. The van der Waals surface area contributed by atoms with Crippen molar-refractivity contribution < 1.29 is 9.13 Å². The van der Waals surface area contributed by atoms with E-state index < -0.39 is 5.82 Å². The van der Waals surface area contributed by atoms with Crippen LogP contribution in [0.2, 0.25) is 5.02 Å². The summed E-state index contributed by atoms with van der Waals surface area (Å²) in [6.07, 6.45) is 0. The van der Waals surface area contributed by atoms with Crippen LogP contribution in [0.4, 0.5) is 4.39 Å². The van der Waals surface area contributed by atoms with E-state index in [4.69, 9.17) is 27.5 Å². The van der Waals surface area contributed by atoms with Crippen LogP contribution in [0.3, 0.4) is 0 Å². The van der Waals surface area contributed by atoms with E-state index in [1.807, 2.05) is 6.92 Å². The average molecular weight is 279 g/mol. The molecule has 0 unspecified atom stereocenters. The van der Waals surface area contributed by atoms with Crippen molar-refractivity contribution in [3.8, 4) is 11.5 Å². The number of hydrogen-bond acceptors (Lipinski definition) is 2. The van der Waals surface area contributed by atoms with Gasteiger partial charge in [0.05, 0.1) is 0 Å². The second-order valence-electron chi connectivity index (χ2n) is 4.07. The Morgan fingerprint density at radius 2 is 1.95 bits per heavy atom. The topological polar surface area (TPSA) is 59.1 Å². The van der Waals surface area contributed by atoms with Gasteiger partial charge < -0.3 is 10.5 Å². The zero-order chi connectivity index (χ0) is 14.0. The molecule has 0 radical (unpaired) electrons. The van der Waals surface area contributed by atoms with Crippen LogP contribution in [-0.2, 0) is 0 Å². The molecule has 2 aromatic carbocycles. The SMILES string of the molecule is Cc1ccc(Cl)cc1Oc1ccc(C(=N)N)cc1F. The lowest BCUT2D eigenvalue weighted by Crippen LogP contribution is -2.11. The summed E-state index contributed by atoms with van der Waals surface area (Å²) in [5, 5.41) is 7.75. The van der Waals surface area contributed by atoms with E-state index in [1.165, 1.54) is 12.1 Å². The number of nitrogen functional groups attached to an aromatic ring is 1. The summed E-state index contributed by atoms with van der Waals surface area (Å²) in [4.78, 5) is 0. The number of hydrogen-bond donors (Lipinski definition) is 2. The third-order valence-corrected chi connectivity index (χ3v) is 2.85. The normalized spacial score (nSPS) is 10.3. The van der Waals surface area contributed by atoms with Gasteiger partial charge in [0.2, 0.25) is 0 Å². The summed E-state index contributed by atoms with van der Waals surface area (Å²) in [5.41, 5.74) is 6.45. The molecule has 2 aromatic rings. The van der Waals surface area contributed by atoms with Gasteiger partial charge in [-0.1, -0.05) is 17.7 Å². The van der Waals surface area contributed by atoms with Gasteiger partial charge in [0.15, 0.2) is 11.6 Å². The molecule has 0 saturated heterocycles. The highest BCUT2D eigenvalue weighted by Crippen LogP contribution is 2.29. The maximum absolute atomic E-state index is 13.8. The highest BCUT2D eigenvalue weighted by Gasteiger charge is 2.09. The summed E-state index contributed by atoms with van der Waals surface area (Å²) >= 11 is 5.87. The number of rotatable bonds is 3. The average Bonchev–Trinajstić information content (AvgIpc) is 2.36. The van der Waals surface area contributed by atoms with Crippen molar-refractivity contribution in [2.45, 2.75) is 6.92 Å². The minimum absolute atomic E-state index is 0.0652. The van der Waals surface area contributed by atoms with Gasteiger partial charge >= 0.3 is 0 Å². The number of nitrogens with one attached hydrogen (secondary N) is 1. The Balaban J connectivity index is 2.33. The molecule has 0 aliphatic rings. The maximum atomic E-state index is 13.8. The molecule has 5 heteroatoms. The number of benzene rings is 2. The molecule has 0 heterocycles. The van der Waals surface area contributed by atoms with Gasteiger partial charge in [-0.25, -0.2) is 4.39 Å². The molecule has 2 rings (SSSR count). The van der Waals surface area contributed by atoms with Gasteiger partial charge in [-0.2, -0.15) is 0 Å². The first kappa shape index (κ1) is 13.4. The lowest BCUT2D eigenvalue weighted by molar-refractivity contribution is 0.439. The number of halogens is 2. The van der Waals surface area contributed by atoms with Gasteiger partial charge in [0, 0.05) is 10.6 Å². The lowest BCUT2D eigenvalue weighted by Gasteiger charge is -2.10. The molecule has 0 bridgehead atoms. The molecule has 0 saturated carbocycles. The number of amidine groups is 1. The fourth-order valence-corrected chi connectivity index (χ4v) is 1.72. The molecule has 0 aromatic heterocycles. The van der Waals surface area contributed by atoms with E-state index in [0.29, 0.717) is 16.3 Å². The van der Waals surface area contributed by atoms with Gasteiger partial charge in [-0.3, -0.25) is 5.41 Å². The number of nitrogens with two attached hydrogens (primary N) is 1. The van der Waals surface area contributed by atoms with Crippen molar-refractivity contribution in [2.75, 3.05) is 0 Å². The van der Waals surface area contributed by atoms with E-state index in [0.717, 1.165) is 11.6 Å². The molecule has 19 heavy (non-hydrogen) atoms. The molecule has 98 valence electrons. The van der Waals surface area contributed by atoms with Gasteiger partial charge in [-0.05, 0) is 42.8 Å². The first-order chi connectivity index (χ1) is 8.97. The zero-order valence-electron chi connectivity index (χ0n) is 10.2. The second-order valence-corrected chi connectivity index (χ2v) is 4.51. The summed E-state index contributed by atoms with van der Waals surface area (Å²) in [6.45, 7) is 1.84. The zero-order valence-corrected chi connectivity index (χ0v) is 11.0. The van der Waals surface area contributed by atoms with Crippen LogP contribution in [0.15, 0.2) is 36.4 Å². The van der Waals surface area contributed by atoms with Crippen LogP contribution in [-0.4, -0.2) is 5.84 Å². The molecule has 0 aliphatic heterocycles. The predicted octanol–water partition coefficient (Wildman–Crippen LogP) is 3.86. The molecule has 0 aliphatic carbocycles. The van der Waals surface area contributed by atoms with Crippen LogP contribution in [0.1, 0.15) is 11.1 Å². The Morgan fingerprint density at radius 3 is 2.58 bits per heavy atom. The molecule has 0 fully saturated rings. The second kappa shape index (κ2) is 5.28. The standard InChI is InChI=1S/C14H12ClFN2O/c1-8-2-4-10(15)7-13(8)19-12-5-3-9(14(17)18)6-11(12)16/h2-7H,1H3,(H3,17,18). The van der Waals surface area contributed by atoms with Crippen LogP contribution in [0.5, 0.6) is 11.5 Å². The molecule has 0 amide bonds. The minimum Gasteiger partial charge on any atom is -0.454 e. The molecular formula is C14H12ClFN2O. The number of aryl methyl sites for hydroxylation is 1. The van der Waals surface area contributed by atoms with E-state index >= 15 is 0 Å². The van der Waals surface area contributed by atoms with Gasteiger partial charge in [0.25, 0.3) is 0 Å². The van der Waals surface area contributed by atoms with Crippen molar-refractivity contribution >= 4 is 17.4 Å². The number of ether oxygens (including phenoxy) is 1. The molecule has 3 N–H and O–H groups in total. The summed E-state index contributed by atoms with van der Waals surface area (Å²) in [5.74, 6) is -0.214. The molecular weight excluding hydrogens is 267 g/mol. The van der Waals surface area contributed by atoms with Crippen molar-refractivity contribution in [1.29, 1.82) is 5.41 Å². The van der Waals surface area contributed by atoms with Crippen LogP contribution in [0, 0.1) is 18.2 Å². The Bertz CT molecular complexity index is 643. The monoisotopic (exact) mass is 278 g/mol. The van der Waals surface area contributed by atoms with Crippen LogP contribution < -0.4 is 10.5 Å². The largest absolute Gasteiger partial charge is 0.454 e. The predicted molar refractivity (Wildman–Crippen MR) is 73.7 cm³/mol. The fraction of sp³-hybridized carbons (Fsp3) is 0.0714. The van der Waals surface area contributed by atoms with Crippen molar-refractivity contribution in [2.24, 2.45) is 5.73 Å². The minimum atomic E-state index is -0.577. The Hall–Kier alpha value is -2.07. The van der Waals surface area contributed by atoms with E-state index in [2.05, 4.69) is 0 Å². The van der Waals surface area contributed by atoms with Crippen LogP contribution >= 0.6 is 11.6 Å². The summed E-state index contributed by atoms with van der Waals surface area (Å²) < 4.78 is 19.3. The van der Waals surface area contributed by atoms with E-state index in [9.17, 15) is 4.39 Å².